The van der Waals surface area contributed by atoms with Gasteiger partial charge < -0.3 is 14.8 Å². The molecule has 1 aromatic rings. The fourth-order valence-electron chi connectivity index (χ4n) is 3.53. The SMILES string of the molecule is CN=C(NCc1nnc2n1CCCCC2)N1CC(C)(C)C1(C)C.I. The topological polar surface area (TPSA) is 58.3 Å². The Balaban J connectivity index is 0.00000208. The highest BCUT2D eigenvalue weighted by Crippen LogP contribution is 2.46. The maximum atomic E-state index is 4.48. The lowest BCUT2D eigenvalue weighted by atomic mass is 9.65. The van der Waals surface area contributed by atoms with Gasteiger partial charge >= 0.3 is 0 Å². The predicted octanol–water partition coefficient (Wildman–Crippen LogP) is 2.82. The summed E-state index contributed by atoms with van der Waals surface area (Å²) >= 11 is 0. The van der Waals surface area contributed by atoms with Crippen molar-refractivity contribution < 1.29 is 0 Å². The fraction of sp³-hybridized carbons (Fsp3) is 0.824. The van der Waals surface area contributed by atoms with Crippen LogP contribution in [0.1, 0.15) is 58.6 Å². The zero-order valence-corrected chi connectivity index (χ0v) is 17.9. The molecule has 0 aliphatic carbocycles. The Kier molecular flexibility index (Phi) is 5.82. The van der Waals surface area contributed by atoms with Gasteiger partial charge in [-0.05, 0) is 26.7 Å². The summed E-state index contributed by atoms with van der Waals surface area (Å²) in [4.78, 5) is 6.83. The minimum atomic E-state index is 0. The molecule has 3 rings (SSSR count). The van der Waals surface area contributed by atoms with Crippen molar-refractivity contribution in [2.45, 2.75) is 72.0 Å². The van der Waals surface area contributed by atoms with Crippen LogP contribution in [0.4, 0.5) is 0 Å². The Morgan fingerprint density at radius 1 is 1.17 bits per heavy atom. The van der Waals surface area contributed by atoms with E-state index in [-0.39, 0.29) is 29.5 Å². The number of nitrogens with zero attached hydrogens (tertiary/aromatic N) is 5. The number of hydrogen-bond acceptors (Lipinski definition) is 3. The molecule has 2 aliphatic rings. The van der Waals surface area contributed by atoms with Gasteiger partial charge in [-0.25, -0.2) is 0 Å². The molecule has 1 N–H and O–H groups in total. The molecule has 0 unspecified atom stereocenters. The first kappa shape index (κ1) is 19.5. The molecule has 0 bridgehead atoms. The van der Waals surface area contributed by atoms with Crippen LogP contribution in [0.3, 0.4) is 0 Å². The largest absolute Gasteiger partial charge is 0.349 e. The molecule has 3 heterocycles. The standard InChI is InChI=1S/C17H30N6.HI/c1-16(2)12-23(17(16,3)4)15(18-5)19-11-14-21-20-13-9-7-6-8-10-22(13)14;/h6-12H2,1-5H3,(H,18,19);1H. The molecule has 0 aromatic carbocycles. The second kappa shape index (κ2) is 7.17. The Hall–Kier alpha value is -0.860. The molecule has 136 valence electrons. The lowest BCUT2D eigenvalue weighted by Gasteiger charge is -2.62. The number of hydrogen-bond donors (Lipinski definition) is 1. The molecule has 6 nitrogen and oxygen atoms in total. The van der Waals surface area contributed by atoms with Crippen LogP contribution in [0.25, 0.3) is 0 Å². The third kappa shape index (κ3) is 3.28. The summed E-state index contributed by atoms with van der Waals surface area (Å²) in [6.45, 7) is 12.0. The summed E-state index contributed by atoms with van der Waals surface area (Å²) in [6.07, 6.45) is 4.79. The van der Waals surface area contributed by atoms with Crippen LogP contribution in [0.15, 0.2) is 4.99 Å². The smallest absolute Gasteiger partial charge is 0.194 e. The summed E-state index contributed by atoms with van der Waals surface area (Å²) in [5.41, 5.74) is 0.410. The van der Waals surface area contributed by atoms with E-state index in [4.69, 9.17) is 0 Å². The van der Waals surface area contributed by atoms with Gasteiger partial charge in [-0.2, -0.15) is 0 Å². The van der Waals surface area contributed by atoms with Gasteiger partial charge in [0.1, 0.15) is 5.82 Å². The fourth-order valence-corrected chi connectivity index (χ4v) is 3.53. The third-order valence-corrected chi connectivity index (χ3v) is 5.94. The summed E-state index contributed by atoms with van der Waals surface area (Å²) in [7, 11) is 1.86. The number of fused-ring (bicyclic) bond motifs is 1. The summed E-state index contributed by atoms with van der Waals surface area (Å²) in [5.74, 6) is 3.13. The average Bonchev–Trinajstić information content (AvgIpc) is 2.74. The minimum Gasteiger partial charge on any atom is -0.349 e. The van der Waals surface area contributed by atoms with Crippen molar-refractivity contribution in [1.82, 2.24) is 25.0 Å². The Labute approximate surface area is 162 Å². The van der Waals surface area contributed by atoms with Crippen molar-refractivity contribution in [1.29, 1.82) is 0 Å². The summed E-state index contributed by atoms with van der Waals surface area (Å²) in [5, 5.41) is 12.3. The van der Waals surface area contributed by atoms with E-state index in [2.05, 4.69) is 57.7 Å². The molecule has 0 atom stereocenters. The summed E-state index contributed by atoms with van der Waals surface area (Å²) in [6, 6.07) is 0. The lowest BCUT2D eigenvalue weighted by molar-refractivity contribution is -0.0668. The molecule has 1 fully saturated rings. The first-order valence-corrected chi connectivity index (χ1v) is 8.76. The normalized spacial score (nSPS) is 22.0. The quantitative estimate of drug-likeness (QED) is 0.431. The number of nitrogens with one attached hydrogen (secondary N) is 1. The molecule has 0 saturated carbocycles. The van der Waals surface area contributed by atoms with E-state index in [9.17, 15) is 0 Å². The Bertz CT molecular complexity index is 604. The van der Waals surface area contributed by atoms with Gasteiger partial charge in [-0.1, -0.05) is 20.3 Å². The van der Waals surface area contributed by atoms with Crippen molar-refractivity contribution in [3.8, 4) is 0 Å². The van der Waals surface area contributed by atoms with E-state index in [0.717, 1.165) is 37.1 Å². The average molecular weight is 446 g/mol. The first-order chi connectivity index (χ1) is 10.9. The molecule has 1 aromatic heterocycles. The predicted molar refractivity (Wildman–Crippen MR) is 108 cm³/mol. The second-order valence-corrected chi connectivity index (χ2v) is 7.92. The molecular weight excluding hydrogens is 415 g/mol. The van der Waals surface area contributed by atoms with E-state index >= 15 is 0 Å². The molecule has 0 spiro atoms. The molecule has 0 amide bonds. The van der Waals surface area contributed by atoms with Gasteiger partial charge in [0.25, 0.3) is 0 Å². The number of rotatable bonds is 2. The maximum absolute atomic E-state index is 4.48. The number of guanidine groups is 1. The van der Waals surface area contributed by atoms with Crippen molar-refractivity contribution in [2.75, 3.05) is 13.6 Å². The van der Waals surface area contributed by atoms with Crippen molar-refractivity contribution in [3.05, 3.63) is 11.6 Å². The van der Waals surface area contributed by atoms with E-state index < -0.39 is 0 Å². The monoisotopic (exact) mass is 446 g/mol. The number of aromatic nitrogens is 3. The summed E-state index contributed by atoms with van der Waals surface area (Å²) < 4.78 is 2.29. The van der Waals surface area contributed by atoms with E-state index in [1.165, 1.54) is 19.3 Å². The van der Waals surface area contributed by atoms with Crippen molar-refractivity contribution in [2.24, 2.45) is 10.4 Å². The third-order valence-electron chi connectivity index (χ3n) is 5.94. The van der Waals surface area contributed by atoms with Crippen LogP contribution >= 0.6 is 24.0 Å². The number of aryl methyl sites for hydroxylation is 1. The van der Waals surface area contributed by atoms with E-state index in [1.54, 1.807) is 0 Å². The van der Waals surface area contributed by atoms with Crippen LogP contribution in [-0.2, 0) is 19.5 Å². The highest BCUT2D eigenvalue weighted by Gasteiger charge is 2.53. The van der Waals surface area contributed by atoms with Crippen LogP contribution in [0.5, 0.6) is 0 Å². The highest BCUT2D eigenvalue weighted by molar-refractivity contribution is 14.0. The van der Waals surface area contributed by atoms with Crippen molar-refractivity contribution >= 4 is 29.9 Å². The van der Waals surface area contributed by atoms with Gasteiger partial charge in [0, 0.05) is 37.5 Å². The van der Waals surface area contributed by atoms with Gasteiger partial charge in [0.15, 0.2) is 11.8 Å². The first-order valence-electron chi connectivity index (χ1n) is 8.76. The zero-order valence-electron chi connectivity index (χ0n) is 15.6. The molecular formula is C17H31IN6. The van der Waals surface area contributed by atoms with Gasteiger partial charge in [-0.15, -0.1) is 34.2 Å². The van der Waals surface area contributed by atoms with Gasteiger partial charge in [-0.3, -0.25) is 4.99 Å². The van der Waals surface area contributed by atoms with Gasteiger partial charge in [0.2, 0.25) is 0 Å². The molecule has 2 aliphatic heterocycles. The van der Waals surface area contributed by atoms with Crippen LogP contribution in [-0.4, -0.2) is 44.8 Å². The number of aliphatic imine (C=N–C) groups is 1. The Morgan fingerprint density at radius 3 is 2.54 bits per heavy atom. The molecule has 1 saturated heterocycles. The molecule has 0 radical (unpaired) electrons. The molecule has 7 heteroatoms. The second-order valence-electron chi connectivity index (χ2n) is 7.92. The minimum absolute atomic E-state index is 0. The number of halogens is 1. The molecule has 24 heavy (non-hydrogen) atoms. The number of likely N-dealkylation sites (tertiary alicyclic amines) is 1. The highest BCUT2D eigenvalue weighted by atomic mass is 127. The zero-order chi connectivity index (χ0) is 16.7. The van der Waals surface area contributed by atoms with Crippen molar-refractivity contribution in [3.63, 3.8) is 0 Å². The van der Waals surface area contributed by atoms with Gasteiger partial charge in [0.05, 0.1) is 6.54 Å². The van der Waals surface area contributed by atoms with Crippen LogP contribution in [0.2, 0.25) is 0 Å². The lowest BCUT2D eigenvalue weighted by Crippen LogP contribution is -2.72. The van der Waals surface area contributed by atoms with Crippen LogP contribution < -0.4 is 5.32 Å². The maximum Gasteiger partial charge on any atom is 0.194 e. The van der Waals surface area contributed by atoms with E-state index in [0.29, 0.717) is 12.0 Å². The van der Waals surface area contributed by atoms with Crippen LogP contribution in [0, 0.1) is 5.41 Å². The Morgan fingerprint density at radius 2 is 1.92 bits per heavy atom. The van der Waals surface area contributed by atoms with E-state index in [1.807, 2.05) is 7.05 Å².